The molecule has 1 N–H and O–H groups in total. The number of carbonyl (C=O) groups is 1. The van der Waals surface area contributed by atoms with E-state index in [2.05, 4.69) is 10.2 Å². The van der Waals surface area contributed by atoms with E-state index >= 15 is 0 Å². The van der Waals surface area contributed by atoms with E-state index < -0.39 is 4.92 Å². The van der Waals surface area contributed by atoms with E-state index in [1.54, 1.807) is 6.92 Å². The SMILES string of the molecule is Cc1cc(C(=O)NC(=S)N2CCN(c3cccc(Cl)c3)CC2)ccc1[N+](=O)[O-]. The molecule has 1 saturated heterocycles. The van der Waals surface area contributed by atoms with Crippen LogP contribution in [0, 0.1) is 17.0 Å². The number of amides is 1. The Balaban J connectivity index is 1.57. The summed E-state index contributed by atoms with van der Waals surface area (Å²) in [5.41, 5.74) is 1.81. The lowest BCUT2D eigenvalue weighted by molar-refractivity contribution is -0.385. The predicted octanol–water partition coefficient (Wildman–Crippen LogP) is 3.39. The second-order valence-corrected chi connectivity index (χ2v) is 7.29. The van der Waals surface area contributed by atoms with Gasteiger partial charge in [-0.1, -0.05) is 17.7 Å². The first kappa shape index (κ1) is 20.0. The van der Waals surface area contributed by atoms with Gasteiger partial charge in [0.2, 0.25) is 0 Å². The number of nitrogens with one attached hydrogen (secondary N) is 1. The molecule has 0 radical (unpaired) electrons. The second kappa shape index (κ2) is 8.53. The minimum atomic E-state index is -0.471. The minimum Gasteiger partial charge on any atom is -0.368 e. The number of hydrogen-bond acceptors (Lipinski definition) is 5. The highest BCUT2D eigenvalue weighted by molar-refractivity contribution is 7.80. The van der Waals surface area contributed by atoms with E-state index in [-0.39, 0.29) is 11.6 Å². The monoisotopic (exact) mass is 418 g/mol. The van der Waals surface area contributed by atoms with E-state index in [0.717, 1.165) is 18.8 Å². The van der Waals surface area contributed by atoms with Crippen LogP contribution in [-0.4, -0.2) is 47.0 Å². The van der Waals surface area contributed by atoms with E-state index in [1.165, 1.54) is 18.2 Å². The molecule has 9 heteroatoms. The van der Waals surface area contributed by atoms with Gasteiger partial charge in [0.05, 0.1) is 4.92 Å². The Bertz CT molecular complexity index is 929. The summed E-state index contributed by atoms with van der Waals surface area (Å²) in [6.07, 6.45) is 0. The van der Waals surface area contributed by atoms with Crippen molar-refractivity contribution >= 4 is 46.2 Å². The lowest BCUT2D eigenvalue weighted by Gasteiger charge is -2.37. The van der Waals surface area contributed by atoms with Crippen LogP contribution in [0.2, 0.25) is 5.02 Å². The number of rotatable bonds is 3. The quantitative estimate of drug-likeness (QED) is 0.467. The van der Waals surface area contributed by atoms with Crippen LogP contribution < -0.4 is 10.2 Å². The van der Waals surface area contributed by atoms with Crippen molar-refractivity contribution in [2.45, 2.75) is 6.92 Å². The Kier molecular flexibility index (Phi) is 6.11. The Hall–Kier alpha value is -2.71. The summed E-state index contributed by atoms with van der Waals surface area (Å²) < 4.78 is 0. The van der Waals surface area contributed by atoms with Crippen LogP contribution in [0.4, 0.5) is 11.4 Å². The number of nitro benzene ring substituents is 1. The molecule has 1 amide bonds. The summed E-state index contributed by atoms with van der Waals surface area (Å²) in [4.78, 5) is 27.0. The van der Waals surface area contributed by atoms with Gasteiger partial charge in [-0.05, 0) is 49.5 Å². The van der Waals surface area contributed by atoms with Crippen LogP contribution in [-0.2, 0) is 0 Å². The molecule has 1 fully saturated rings. The molecule has 1 heterocycles. The van der Waals surface area contributed by atoms with Gasteiger partial charge in [-0.2, -0.15) is 0 Å². The molecule has 0 unspecified atom stereocenters. The van der Waals surface area contributed by atoms with Crippen molar-refractivity contribution in [3.8, 4) is 0 Å². The van der Waals surface area contributed by atoms with Gasteiger partial charge in [0, 0.05) is 54.1 Å². The number of carbonyl (C=O) groups excluding carboxylic acids is 1. The number of nitro groups is 1. The zero-order chi connectivity index (χ0) is 20.3. The number of hydrogen-bond donors (Lipinski definition) is 1. The van der Waals surface area contributed by atoms with Gasteiger partial charge in [-0.15, -0.1) is 0 Å². The first-order valence-electron chi connectivity index (χ1n) is 8.71. The largest absolute Gasteiger partial charge is 0.368 e. The van der Waals surface area contributed by atoms with Gasteiger partial charge in [-0.25, -0.2) is 0 Å². The maximum absolute atomic E-state index is 12.4. The zero-order valence-electron chi connectivity index (χ0n) is 15.2. The molecule has 146 valence electrons. The molecule has 1 aliphatic rings. The molecular weight excluding hydrogens is 400 g/mol. The van der Waals surface area contributed by atoms with Crippen molar-refractivity contribution in [3.63, 3.8) is 0 Å². The number of aryl methyl sites for hydroxylation is 1. The lowest BCUT2D eigenvalue weighted by Crippen LogP contribution is -2.52. The summed E-state index contributed by atoms with van der Waals surface area (Å²) in [7, 11) is 0. The molecule has 0 bridgehead atoms. The van der Waals surface area contributed by atoms with Gasteiger partial charge in [0.15, 0.2) is 5.11 Å². The second-order valence-electron chi connectivity index (χ2n) is 6.47. The summed E-state index contributed by atoms with van der Waals surface area (Å²) >= 11 is 11.4. The number of piperazine rings is 1. The average Bonchev–Trinajstić information content (AvgIpc) is 2.67. The highest BCUT2D eigenvalue weighted by atomic mass is 35.5. The molecule has 2 aromatic carbocycles. The van der Waals surface area contributed by atoms with Crippen LogP contribution in [0.5, 0.6) is 0 Å². The van der Waals surface area contributed by atoms with Crippen molar-refractivity contribution < 1.29 is 9.72 Å². The molecule has 28 heavy (non-hydrogen) atoms. The van der Waals surface area contributed by atoms with Gasteiger partial charge in [-0.3, -0.25) is 20.2 Å². The Labute approximate surface area is 173 Å². The normalized spacial score (nSPS) is 13.9. The smallest absolute Gasteiger partial charge is 0.272 e. The molecule has 0 atom stereocenters. The van der Waals surface area contributed by atoms with E-state index in [1.807, 2.05) is 29.2 Å². The fraction of sp³-hybridized carbons (Fsp3) is 0.263. The molecule has 3 rings (SSSR count). The molecule has 1 aliphatic heterocycles. The third kappa shape index (κ3) is 4.58. The fourth-order valence-electron chi connectivity index (χ4n) is 3.09. The molecule has 0 spiro atoms. The molecule has 0 aliphatic carbocycles. The first-order valence-corrected chi connectivity index (χ1v) is 9.49. The van der Waals surface area contributed by atoms with Gasteiger partial charge in [0.1, 0.15) is 0 Å². The van der Waals surface area contributed by atoms with Crippen molar-refractivity contribution in [2.75, 3.05) is 31.1 Å². The summed E-state index contributed by atoms with van der Waals surface area (Å²) in [6, 6.07) is 11.9. The molecular formula is C19H19ClN4O3S. The lowest BCUT2D eigenvalue weighted by atomic mass is 10.1. The number of benzene rings is 2. The zero-order valence-corrected chi connectivity index (χ0v) is 16.8. The van der Waals surface area contributed by atoms with Crippen LogP contribution in [0.15, 0.2) is 42.5 Å². The number of halogens is 1. The van der Waals surface area contributed by atoms with Crippen molar-refractivity contribution in [3.05, 3.63) is 68.7 Å². The predicted molar refractivity (Wildman–Crippen MR) is 113 cm³/mol. The minimum absolute atomic E-state index is 0.0173. The van der Waals surface area contributed by atoms with E-state index in [0.29, 0.717) is 34.4 Å². The third-order valence-corrected chi connectivity index (χ3v) is 5.21. The fourth-order valence-corrected chi connectivity index (χ4v) is 3.55. The number of anilines is 1. The van der Waals surface area contributed by atoms with Crippen LogP contribution in [0.1, 0.15) is 15.9 Å². The number of thiocarbonyl (C=S) groups is 1. The number of nitrogens with zero attached hydrogens (tertiary/aromatic N) is 3. The van der Waals surface area contributed by atoms with E-state index in [4.69, 9.17) is 23.8 Å². The first-order chi connectivity index (χ1) is 13.3. The highest BCUT2D eigenvalue weighted by Gasteiger charge is 2.21. The van der Waals surface area contributed by atoms with Crippen molar-refractivity contribution in [2.24, 2.45) is 0 Å². The van der Waals surface area contributed by atoms with Gasteiger partial charge in [0.25, 0.3) is 11.6 Å². The standard InChI is InChI=1S/C19H19ClN4O3S/c1-13-11-14(5-6-17(13)24(26)27)18(25)21-19(28)23-9-7-22(8-10-23)16-4-2-3-15(20)12-16/h2-6,11-12H,7-10H2,1H3,(H,21,25,28). The summed E-state index contributed by atoms with van der Waals surface area (Å²) in [6.45, 7) is 4.46. The highest BCUT2D eigenvalue weighted by Crippen LogP contribution is 2.21. The molecule has 0 aromatic heterocycles. The van der Waals surface area contributed by atoms with Crippen LogP contribution in [0.25, 0.3) is 0 Å². The van der Waals surface area contributed by atoms with Gasteiger partial charge >= 0.3 is 0 Å². The van der Waals surface area contributed by atoms with Gasteiger partial charge < -0.3 is 9.80 Å². The average molecular weight is 419 g/mol. The molecule has 0 saturated carbocycles. The van der Waals surface area contributed by atoms with Crippen LogP contribution >= 0.6 is 23.8 Å². The molecule has 7 nitrogen and oxygen atoms in total. The Morgan fingerprint density at radius 3 is 2.50 bits per heavy atom. The topological polar surface area (TPSA) is 78.7 Å². The van der Waals surface area contributed by atoms with Crippen molar-refractivity contribution in [1.29, 1.82) is 0 Å². The van der Waals surface area contributed by atoms with Crippen LogP contribution in [0.3, 0.4) is 0 Å². The third-order valence-electron chi connectivity index (χ3n) is 4.62. The Morgan fingerprint density at radius 1 is 1.18 bits per heavy atom. The van der Waals surface area contributed by atoms with E-state index in [9.17, 15) is 14.9 Å². The Morgan fingerprint density at radius 2 is 1.89 bits per heavy atom. The molecule has 2 aromatic rings. The maximum Gasteiger partial charge on any atom is 0.272 e. The maximum atomic E-state index is 12.4. The van der Waals surface area contributed by atoms with Crippen molar-refractivity contribution in [1.82, 2.24) is 10.2 Å². The summed E-state index contributed by atoms with van der Waals surface area (Å²) in [5, 5.41) is 14.7. The summed E-state index contributed by atoms with van der Waals surface area (Å²) in [5.74, 6) is -0.375.